The Kier molecular flexibility index (Phi) is 6.52. The van der Waals surface area contributed by atoms with E-state index in [2.05, 4.69) is 5.32 Å². The molecule has 28 heavy (non-hydrogen) atoms. The fraction of sp³-hybridized carbons (Fsp3) is 0.409. The fourth-order valence-corrected chi connectivity index (χ4v) is 4.92. The molecule has 1 aliphatic rings. The summed E-state index contributed by atoms with van der Waals surface area (Å²) in [5.74, 6) is 0.253. The topological polar surface area (TPSA) is 66.5 Å². The molecule has 6 heteroatoms. The molecule has 1 heterocycles. The first-order chi connectivity index (χ1) is 13.3. The van der Waals surface area contributed by atoms with Gasteiger partial charge in [0.25, 0.3) is 0 Å². The maximum atomic E-state index is 12.8. The second kappa shape index (κ2) is 8.88. The van der Waals surface area contributed by atoms with Crippen LogP contribution in [-0.4, -0.2) is 31.7 Å². The zero-order valence-electron chi connectivity index (χ0n) is 16.5. The van der Waals surface area contributed by atoms with Gasteiger partial charge in [-0.15, -0.1) is 0 Å². The second-order valence-corrected chi connectivity index (χ2v) is 9.56. The molecule has 0 atom stereocenters. The number of piperidine rings is 1. The Balaban J connectivity index is 1.47. The number of amides is 1. The van der Waals surface area contributed by atoms with E-state index in [9.17, 15) is 13.2 Å². The van der Waals surface area contributed by atoms with Crippen LogP contribution in [0.3, 0.4) is 0 Å². The third kappa shape index (κ3) is 5.20. The van der Waals surface area contributed by atoms with Crippen LogP contribution in [0.2, 0.25) is 0 Å². The van der Waals surface area contributed by atoms with Gasteiger partial charge >= 0.3 is 0 Å². The van der Waals surface area contributed by atoms with Crippen molar-refractivity contribution in [2.45, 2.75) is 44.6 Å². The van der Waals surface area contributed by atoms with Crippen LogP contribution >= 0.6 is 0 Å². The van der Waals surface area contributed by atoms with Crippen LogP contribution in [0.15, 0.2) is 53.4 Å². The predicted octanol–water partition coefficient (Wildman–Crippen LogP) is 3.41. The lowest BCUT2D eigenvalue weighted by Gasteiger charge is -2.31. The largest absolute Gasteiger partial charge is 0.352 e. The molecular formula is C22H28N2O3S. The summed E-state index contributed by atoms with van der Waals surface area (Å²) in [7, 11) is -3.45. The molecule has 1 aliphatic heterocycles. The molecule has 0 spiro atoms. The molecule has 3 rings (SSSR count). The lowest BCUT2D eigenvalue weighted by molar-refractivity contribution is -0.122. The Morgan fingerprint density at radius 2 is 1.50 bits per heavy atom. The lowest BCUT2D eigenvalue weighted by atomic mass is 9.94. The Bertz CT molecular complexity index is 898. The van der Waals surface area contributed by atoms with Gasteiger partial charge in [0, 0.05) is 26.1 Å². The number of carbonyl (C=O) groups is 1. The monoisotopic (exact) mass is 400 g/mol. The van der Waals surface area contributed by atoms with E-state index in [0.717, 1.165) is 11.1 Å². The number of nitrogens with one attached hydrogen (secondary N) is 1. The molecule has 1 amide bonds. The van der Waals surface area contributed by atoms with E-state index in [0.29, 0.717) is 43.8 Å². The van der Waals surface area contributed by atoms with Crippen molar-refractivity contribution >= 4 is 15.9 Å². The molecule has 2 aromatic rings. The summed E-state index contributed by atoms with van der Waals surface area (Å²) in [5, 5.41) is 2.97. The summed E-state index contributed by atoms with van der Waals surface area (Å²) in [6.45, 7) is 5.43. The molecule has 0 unspecified atom stereocenters. The zero-order chi connectivity index (χ0) is 20.1. The van der Waals surface area contributed by atoms with Gasteiger partial charge < -0.3 is 5.32 Å². The van der Waals surface area contributed by atoms with Crippen molar-refractivity contribution in [3.63, 3.8) is 0 Å². The fourth-order valence-electron chi connectivity index (χ4n) is 3.45. The maximum Gasteiger partial charge on any atom is 0.243 e. The van der Waals surface area contributed by atoms with Crippen LogP contribution in [0.4, 0.5) is 0 Å². The smallest absolute Gasteiger partial charge is 0.243 e. The Morgan fingerprint density at radius 3 is 2.07 bits per heavy atom. The first-order valence-corrected chi connectivity index (χ1v) is 11.2. The van der Waals surface area contributed by atoms with E-state index < -0.39 is 10.0 Å². The van der Waals surface area contributed by atoms with Gasteiger partial charge in [0.2, 0.25) is 15.9 Å². The van der Waals surface area contributed by atoms with Gasteiger partial charge in [0.05, 0.1) is 4.90 Å². The molecule has 1 N–H and O–H groups in total. The predicted molar refractivity (Wildman–Crippen MR) is 110 cm³/mol. The van der Waals surface area contributed by atoms with Gasteiger partial charge in [-0.3, -0.25) is 4.79 Å². The Hall–Kier alpha value is -2.18. The number of nitrogens with zero attached hydrogens (tertiary/aromatic N) is 1. The van der Waals surface area contributed by atoms with Gasteiger partial charge in [-0.2, -0.15) is 4.31 Å². The molecule has 1 fully saturated rings. The third-order valence-corrected chi connectivity index (χ3v) is 7.23. The van der Waals surface area contributed by atoms with Crippen molar-refractivity contribution in [2.24, 2.45) is 5.92 Å². The summed E-state index contributed by atoms with van der Waals surface area (Å²) in [6.07, 6.45) is 1.87. The summed E-state index contributed by atoms with van der Waals surface area (Å²) in [4.78, 5) is 12.6. The van der Waals surface area contributed by atoms with Crippen molar-refractivity contribution < 1.29 is 13.2 Å². The number of hydrogen-bond donors (Lipinski definition) is 1. The number of carbonyl (C=O) groups excluding carboxylic acids is 1. The molecule has 150 valence electrons. The van der Waals surface area contributed by atoms with E-state index in [1.807, 2.05) is 50.2 Å². The average Bonchev–Trinajstić information content (AvgIpc) is 2.68. The normalized spacial score (nSPS) is 16.1. The van der Waals surface area contributed by atoms with Gasteiger partial charge in [-0.25, -0.2) is 8.42 Å². The SMILES string of the molecule is Cc1ccc(CNC(=O)CC2CCN(S(=O)(=O)c3ccc(C)cc3)CC2)cc1. The molecule has 0 radical (unpaired) electrons. The van der Waals surface area contributed by atoms with E-state index >= 15 is 0 Å². The summed E-state index contributed by atoms with van der Waals surface area (Å²) < 4.78 is 27.1. The molecule has 0 saturated carbocycles. The first kappa shape index (κ1) is 20.6. The second-order valence-electron chi connectivity index (χ2n) is 7.63. The number of hydrogen-bond acceptors (Lipinski definition) is 3. The average molecular weight is 401 g/mol. The summed E-state index contributed by atoms with van der Waals surface area (Å²) in [5.41, 5.74) is 3.31. The van der Waals surface area contributed by atoms with Crippen molar-refractivity contribution in [1.82, 2.24) is 9.62 Å². The minimum absolute atomic E-state index is 0.0282. The molecule has 0 aliphatic carbocycles. The lowest BCUT2D eigenvalue weighted by Crippen LogP contribution is -2.39. The van der Waals surface area contributed by atoms with Gasteiger partial charge in [0.15, 0.2) is 0 Å². The molecule has 1 saturated heterocycles. The van der Waals surface area contributed by atoms with Crippen molar-refractivity contribution in [1.29, 1.82) is 0 Å². The maximum absolute atomic E-state index is 12.8. The first-order valence-electron chi connectivity index (χ1n) is 9.73. The number of sulfonamides is 1. The van der Waals surface area contributed by atoms with Gasteiger partial charge in [0.1, 0.15) is 0 Å². The van der Waals surface area contributed by atoms with E-state index in [-0.39, 0.29) is 11.8 Å². The highest BCUT2D eigenvalue weighted by Gasteiger charge is 2.30. The Labute approximate surface area is 167 Å². The minimum atomic E-state index is -3.45. The van der Waals surface area contributed by atoms with Crippen LogP contribution < -0.4 is 5.32 Å². The van der Waals surface area contributed by atoms with E-state index in [4.69, 9.17) is 0 Å². The number of rotatable bonds is 6. The summed E-state index contributed by atoms with van der Waals surface area (Å²) >= 11 is 0. The van der Waals surface area contributed by atoms with Gasteiger partial charge in [-0.05, 0) is 50.3 Å². The van der Waals surface area contributed by atoms with Crippen molar-refractivity contribution in [3.05, 3.63) is 65.2 Å². The highest BCUT2D eigenvalue weighted by molar-refractivity contribution is 7.89. The minimum Gasteiger partial charge on any atom is -0.352 e. The zero-order valence-corrected chi connectivity index (χ0v) is 17.3. The summed E-state index contributed by atoms with van der Waals surface area (Å²) in [6, 6.07) is 15.1. The van der Waals surface area contributed by atoms with Crippen molar-refractivity contribution in [3.8, 4) is 0 Å². The van der Waals surface area contributed by atoms with Crippen LogP contribution in [0.25, 0.3) is 0 Å². The van der Waals surface area contributed by atoms with Gasteiger partial charge in [-0.1, -0.05) is 47.5 Å². The van der Waals surface area contributed by atoms with Crippen LogP contribution in [0.5, 0.6) is 0 Å². The van der Waals surface area contributed by atoms with Crippen LogP contribution in [0.1, 0.15) is 36.0 Å². The molecule has 0 aromatic heterocycles. The molecule has 5 nitrogen and oxygen atoms in total. The van der Waals surface area contributed by atoms with E-state index in [1.165, 1.54) is 5.56 Å². The number of aryl methyl sites for hydroxylation is 2. The molecular weight excluding hydrogens is 372 g/mol. The standard InChI is InChI=1S/C22H28N2O3S/c1-17-3-7-20(8-4-17)16-23-22(25)15-19-11-13-24(14-12-19)28(26,27)21-9-5-18(2)6-10-21/h3-10,19H,11-16H2,1-2H3,(H,23,25). The highest BCUT2D eigenvalue weighted by Crippen LogP contribution is 2.25. The Morgan fingerprint density at radius 1 is 0.964 bits per heavy atom. The van der Waals surface area contributed by atoms with Crippen LogP contribution in [0, 0.1) is 19.8 Å². The molecule has 0 bridgehead atoms. The quantitative estimate of drug-likeness (QED) is 0.808. The third-order valence-electron chi connectivity index (χ3n) is 5.32. The number of benzene rings is 2. The van der Waals surface area contributed by atoms with Crippen molar-refractivity contribution in [2.75, 3.05) is 13.1 Å². The highest BCUT2D eigenvalue weighted by atomic mass is 32.2. The van der Waals surface area contributed by atoms with Crippen LogP contribution in [-0.2, 0) is 21.4 Å². The van der Waals surface area contributed by atoms with E-state index in [1.54, 1.807) is 16.4 Å². The molecule has 2 aromatic carbocycles.